The molecule has 0 saturated carbocycles. The van der Waals surface area contributed by atoms with Crippen molar-refractivity contribution < 1.29 is 19.4 Å². The van der Waals surface area contributed by atoms with Crippen LogP contribution in [0.2, 0.25) is 0 Å². The number of nitrogens with two attached hydrogens (primary N) is 1. The molecule has 5 nitrogen and oxygen atoms in total. The van der Waals surface area contributed by atoms with Gasteiger partial charge >= 0.3 is 11.9 Å². The first-order valence-corrected chi connectivity index (χ1v) is 5.46. The summed E-state index contributed by atoms with van der Waals surface area (Å²) in [6.07, 6.45) is 2.00. The third-order valence-corrected chi connectivity index (χ3v) is 3.18. The fraction of sp³-hybridized carbons (Fsp3) is 0.231. The lowest BCUT2D eigenvalue weighted by Crippen LogP contribution is -2.43. The molecule has 1 aromatic rings. The van der Waals surface area contributed by atoms with Crippen LogP contribution in [0, 0.1) is 0 Å². The van der Waals surface area contributed by atoms with Crippen LogP contribution in [0.1, 0.15) is 27.9 Å². The zero-order valence-electron chi connectivity index (χ0n) is 9.68. The number of aryl methyl sites for hydroxylation is 1. The van der Waals surface area contributed by atoms with Crippen LogP contribution >= 0.6 is 0 Å². The standard InChI is InChI=1S/C13H13NO4/c1-2-18-12(17)13(14)6-5-8-7-9(11(15)16)3-4-10(8)13/h2-4,7H,1,5-6,14H2,(H,15,16). The molecule has 0 amide bonds. The molecule has 1 aromatic carbocycles. The van der Waals surface area contributed by atoms with Crippen molar-refractivity contribution in [1.82, 2.24) is 0 Å². The maximum atomic E-state index is 11.8. The van der Waals surface area contributed by atoms with Crippen LogP contribution < -0.4 is 5.73 Å². The number of aromatic carboxylic acids is 1. The van der Waals surface area contributed by atoms with Crippen LogP contribution in [0.4, 0.5) is 0 Å². The fourth-order valence-corrected chi connectivity index (χ4v) is 2.23. The topological polar surface area (TPSA) is 89.6 Å². The molecule has 0 aromatic heterocycles. The van der Waals surface area contributed by atoms with Gasteiger partial charge in [0.1, 0.15) is 5.54 Å². The van der Waals surface area contributed by atoms with Gasteiger partial charge in [0.25, 0.3) is 0 Å². The lowest BCUT2D eigenvalue weighted by Gasteiger charge is -2.21. The number of hydrogen-bond acceptors (Lipinski definition) is 4. The van der Waals surface area contributed by atoms with Gasteiger partial charge in [-0.3, -0.25) is 0 Å². The summed E-state index contributed by atoms with van der Waals surface area (Å²) >= 11 is 0. The van der Waals surface area contributed by atoms with E-state index in [2.05, 4.69) is 6.58 Å². The number of carboxylic acid groups (broad SMARTS) is 1. The molecule has 94 valence electrons. The zero-order chi connectivity index (χ0) is 13.3. The number of carboxylic acids is 1. The Morgan fingerprint density at radius 1 is 1.50 bits per heavy atom. The second kappa shape index (κ2) is 4.27. The molecule has 0 aliphatic heterocycles. The van der Waals surface area contributed by atoms with E-state index in [4.69, 9.17) is 15.6 Å². The molecule has 0 spiro atoms. The maximum absolute atomic E-state index is 11.8. The van der Waals surface area contributed by atoms with E-state index in [9.17, 15) is 9.59 Å². The van der Waals surface area contributed by atoms with E-state index in [0.717, 1.165) is 11.8 Å². The minimum Gasteiger partial charge on any atom is -0.478 e. The third-order valence-electron chi connectivity index (χ3n) is 3.18. The normalized spacial score (nSPS) is 21.2. The summed E-state index contributed by atoms with van der Waals surface area (Å²) in [5.41, 5.74) is 6.44. The van der Waals surface area contributed by atoms with Crippen LogP contribution in [0.3, 0.4) is 0 Å². The Kier molecular flexibility index (Phi) is 2.92. The summed E-state index contributed by atoms with van der Waals surface area (Å²) < 4.78 is 4.75. The van der Waals surface area contributed by atoms with E-state index in [0.29, 0.717) is 18.4 Å². The Bertz CT molecular complexity index is 538. The predicted octanol–water partition coefficient (Wildman–Crippen LogP) is 1.17. The number of esters is 1. The molecule has 0 fully saturated rings. The van der Waals surface area contributed by atoms with Gasteiger partial charge in [-0.25, -0.2) is 9.59 Å². The van der Waals surface area contributed by atoms with Gasteiger partial charge in [-0.15, -0.1) is 0 Å². The van der Waals surface area contributed by atoms with Gasteiger partial charge in [-0.2, -0.15) is 0 Å². The van der Waals surface area contributed by atoms with Gasteiger partial charge in [0, 0.05) is 0 Å². The number of benzene rings is 1. The second-order valence-corrected chi connectivity index (χ2v) is 4.22. The highest BCUT2D eigenvalue weighted by atomic mass is 16.5. The molecule has 1 atom stereocenters. The van der Waals surface area contributed by atoms with Gasteiger partial charge in [-0.05, 0) is 36.1 Å². The molecule has 0 radical (unpaired) electrons. The van der Waals surface area contributed by atoms with E-state index < -0.39 is 17.5 Å². The summed E-state index contributed by atoms with van der Waals surface area (Å²) in [7, 11) is 0. The Labute approximate surface area is 104 Å². The molecule has 3 N–H and O–H groups in total. The first-order chi connectivity index (χ1) is 8.49. The average Bonchev–Trinajstić information content (AvgIpc) is 2.68. The van der Waals surface area contributed by atoms with Crippen LogP contribution in [-0.2, 0) is 21.5 Å². The molecule has 1 aliphatic rings. The van der Waals surface area contributed by atoms with Gasteiger partial charge < -0.3 is 15.6 Å². The summed E-state index contributed by atoms with van der Waals surface area (Å²) in [5.74, 6) is -1.57. The van der Waals surface area contributed by atoms with Crippen LogP contribution in [0.15, 0.2) is 31.0 Å². The van der Waals surface area contributed by atoms with Gasteiger partial charge in [0.15, 0.2) is 0 Å². The molecule has 1 unspecified atom stereocenters. The second-order valence-electron chi connectivity index (χ2n) is 4.22. The zero-order valence-corrected chi connectivity index (χ0v) is 9.68. The Morgan fingerprint density at radius 3 is 2.83 bits per heavy atom. The Balaban J connectivity index is 2.42. The molecule has 0 bridgehead atoms. The van der Waals surface area contributed by atoms with E-state index in [-0.39, 0.29) is 5.56 Å². The average molecular weight is 247 g/mol. The van der Waals surface area contributed by atoms with Crippen LogP contribution in [0.5, 0.6) is 0 Å². The van der Waals surface area contributed by atoms with Crippen molar-refractivity contribution in [2.45, 2.75) is 18.4 Å². The number of hydrogen-bond donors (Lipinski definition) is 2. The molecule has 18 heavy (non-hydrogen) atoms. The number of fused-ring (bicyclic) bond motifs is 1. The highest BCUT2D eigenvalue weighted by molar-refractivity contribution is 5.89. The van der Waals surface area contributed by atoms with Crippen molar-refractivity contribution in [2.24, 2.45) is 5.73 Å². The van der Waals surface area contributed by atoms with Crippen molar-refractivity contribution in [3.8, 4) is 0 Å². The number of rotatable bonds is 3. The first-order valence-electron chi connectivity index (χ1n) is 5.46. The highest BCUT2D eigenvalue weighted by Gasteiger charge is 2.43. The van der Waals surface area contributed by atoms with Crippen molar-refractivity contribution in [1.29, 1.82) is 0 Å². The predicted molar refractivity (Wildman–Crippen MR) is 63.9 cm³/mol. The SMILES string of the molecule is C=COC(=O)C1(N)CCc2cc(C(=O)O)ccc21. The quantitative estimate of drug-likeness (QED) is 0.618. The Hall–Kier alpha value is -2.14. The van der Waals surface area contributed by atoms with Gasteiger partial charge in [0.05, 0.1) is 11.8 Å². The van der Waals surface area contributed by atoms with E-state index in [1.807, 2.05) is 0 Å². The Morgan fingerprint density at radius 2 is 2.22 bits per heavy atom. The first kappa shape index (κ1) is 12.3. The number of carbonyl (C=O) groups excluding carboxylic acids is 1. The van der Waals surface area contributed by atoms with Crippen molar-refractivity contribution >= 4 is 11.9 Å². The molecular formula is C13H13NO4. The molecular weight excluding hydrogens is 234 g/mol. The molecule has 2 rings (SSSR count). The summed E-state index contributed by atoms with van der Waals surface area (Å²) in [4.78, 5) is 22.7. The van der Waals surface area contributed by atoms with E-state index >= 15 is 0 Å². The number of ether oxygens (including phenoxy) is 1. The largest absolute Gasteiger partial charge is 0.478 e. The summed E-state index contributed by atoms with van der Waals surface area (Å²) in [5, 5.41) is 8.90. The minimum absolute atomic E-state index is 0.190. The lowest BCUT2D eigenvalue weighted by atomic mass is 9.92. The van der Waals surface area contributed by atoms with Gasteiger partial charge in [0.2, 0.25) is 0 Å². The molecule has 0 heterocycles. The monoisotopic (exact) mass is 247 g/mol. The summed E-state index contributed by atoms with van der Waals surface area (Å²) in [6, 6.07) is 4.57. The van der Waals surface area contributed by atoms with Crippen molar-refractivity contribution in [3.63, 3.8) is 0 Å². The maximum Gasteiger partial charge on any atom is 0.335 e. The van der Waals surface area contributed by atoms with Crippen molar-refractivity contribution in [3.05, 3.63) is 47.7 Å². The van der Waals surface area contributed by atoms with Gasteiger partial charge in [-0.1, -0.05) is 12.6 Å². The summed E-state index contributed by atoms with van der Waals surface area (Å²) in [6.45, 7) is 3.32. The smallest absolute Gasteiger partial charge is 0.335 e. The van der Waals surface area contributed by atoms with Crippen molar-refractivity contribution in [2.75, 3.05) is 0 Å². The lowest BCUT2D eigenvalue weighted by molar-refractivity contribution is -0.144. The van der Waals surface area contributed by atoms with E-state index in [1.54, 1.807) is 12.1 Å². The van der Waals surface area contributed by atoms with Crippen LogP contribution in [0.25, 0.3) is 0 Å². The fourth-order valence-electron chi connectivity index (χ4n) is 2.23. The molecule has 0 saturated heterocycles. The van der Waals surface area contributed by atoms with Crippen LogP contribution in [-0.4, -0.2) is 17.0 Å². The van der Waals surface area contributed by atoms with E-state index in [1.165, 1.54) is 6.07 Å². The number of carbonyl (C=O) groups is 2. The molecule has 5 heteroatoms. The third kappa shape index (κ3) is 1.78. The highest BCUT2D eigenvalue weighted by Crippen LogP contribution is 2.36. The molecule has 1 aliphatic carbocycles. The minimum atomic E-state index is -1.21.